The predicted octanol–water partition coefficient (Wildman–Crippen LogP) is 6.04. The first-order valence-corrected chi connectivity index (χ1v) is 10.3. The number of fused-ring (bicyclic) bond motifs is 1. The molecule has 3 aromatic carbocycles. The molecule has 0 bridgehead atoms. The fourth-order valence-corrected chi connectivity index (χ4v) is 3.50. The van der Waals surface area contributed by atoms with Crippen molar-refractivity contribution in [1.82, 2.24) is 0 Å². The number of aryl methyl sites for hydroxylation is 3. The summed E-state index contributed by atoms with van der Waals surface area (Å²) < 4.78 is 12.2. The molecule has 0 saturated carbocycles. The first-order valence-electron chi connectivity index (χ1n) is 10.3. The lowest BCUT2D eigenvalue weighted by Crippen LogP contribution is -2.26. The van der Waals surface area contributed by atoms with E-state index in [9.17, 15) is 9.59 Å². The van der Waals surface area contributed by atoms with Crippen LogP contribution in [0.4, 0.5) is 0 Å². The van der Waals surface area contributed by atoms with Crippen molar-refractivity contribution >= 4 is 16.8 Å². The highest BCUT2D eigenvalue weighted by Gasteiger charge is 2.24. The normalized spacial score (nSPS) is 12.0. The van der Waals surface area contributed by atoms with Gasteiger partial charge in [0.1, 0.15) is 5.58 Å². The van der Waals surface area contributed by atoms with Crippen molar-refractivity contribution in [3.63, 3.8) is 0 Å². The molecule has 0 saturated heterocycles. The second kappa shape index (κ2) is 8.23. The fourth-order valence-electron chi connectivity index (χ4n) is 3.50. The lowest BCUT2D eigenvalue weighted by Gasteiger charge is -2.17. The zero-order chi connectivity index (χ0) is 22.1. The predicted molar refractivity (Wildman–Crippen MR) is 123 cm³/mol. The van der Waals surface area contributed by atoms with Crippen LogP contribution in [0.25, 0.3) is 22.3 Å². The molecule has 0 unspecified atom stereocenters. The Bertz CT molecular complexity index is 1320. The third kappa shape index (κ3) is 4.02. The molecule has 156 valence electrons. The molecule has 0 spiro atoms. The van der Waals surface area contributed by atoms with Gasteiger partial charge >= 0.3 is 0 Å². The van der Waals surface area contributed by atoms with Crippen molar-refractivity contribution in [2.24, 2.45) is 0 Å². The Morgan fingerprint density at radius 1 is 0.903 bits per heavy atom. The summed E-state index contributed by atoms with van der Waals surface area (Å²) in [5.41, 5.74) is 4.58. The van der Waals surface area contributed by atoms with Crippen molar-refractivity contribution < 1.29 is 13.9 Å². The van der Waals surface area contributed by atoms with Gasteiger partial charge in [-0.2, -0.15) is 0 Å². The van der Waals surface area contributed by atoms with E-state index in [1.165, 1.54) is 0 Å². The highest BCUT2D eigenvalue weighted by molar-refractivity contribution is 5.99. The van der Waals surface area contributed by atoms with Gasteiger partial charge in [-0.3, -0.25) is 9.59 Å². The first kappa shape index (κ1) is 20.6. The van der Waals surface area contributed by atoms with Crippen molar-refractivity contribution in [3.05, 3.63) is 99.2 Å². The molecular formula is C27H24O4. The number of hydrogen-bond donors (Lipinski definition) is 0. The van der Waals surface area contributed by atoms with Crippen LogP contribution < -0.4 is 10.2 Å². The van der Waals surface area contributed by atoms with E-state index in [0.717, 1.165) is 22.3 Å². The summed E-state index contributed by atoms with van der Waals surface area (Å²) in [5.74, 6) is 0.180. The summed E-state index contributed by atoms with van der Waals surface area (Å²) in [6, 6.07) is 20.3. The molecule has 0 aliphatic heterocycles. The minimum Gasteiger partial charge on any atom is -0.475 e. The molecule has 0 radical (unpaired) electrons. The van der Waals surface area contributed by atoms with Gasteiger partial charge in [0.05, 0.1) is 5.39 Å². The molecular weight excluding hydrogens is 388 g/mol. The van der Waals surface area contributed by atoms with Crippen molar-refractivity contribution in [2.75, 3.05) is 0 Å². The van der Waals surface area contributed by atoms with Crippen molar-refractivity contribution in [2.45, 2.75) is 33.8 Å². The van der Waals surface area contributed by atoms with Crippen molar-refractivity contribution in [3.8, 4) is 17.1 Å². The highest BCUT2D eigenvalue weighted by Crippen LogP contribution is 2.32. The lowest BCUT2D eigenvalue weighted by atomic mass is 10.0. The number of ether oxygens (including phenoxy) is 1. The van der Waals surface area contributed by atoms with Gasteiger partial charge in [0.2, 0.25) is 17.0 Å². The Morgan fingerprint density at radius 2 is 1.55 bits per heavy atom. The summed E-state index contributed by atoms with van der Waals surface area (Å²) in [4.78, 5) is 26.3. The zero-order valence-corrected chi connectivity index (χ0v) is 18.1. The van der Waals surface area contributed by atoms with Gasteiger partial charge in [-0.05, 0) is 51.0 Å². The van der Waals surface area contributed by atoms with Gasteiger partial charge < -0.3 is 9.15 Å². The summed E-state index contributed by atoms with van der Waals surface area (Å²) in [7, 11) is 0. The number of carbonyl (C=O) groups excluding carboxylic acids is 1. The van der Waals surface area contributed by atoms with Crippen LogP contribution in [0.5, 0.6) is 5.75 Å². The first-order chi connectivity index (χ1) is 14.8. The molecule has 0 aliphatic carbocycles. The Labute approximate surface area is 181 Å². The van der Waals surface area contributed by atoms with Crippen LogP contribution in [-0.4, -0.2) is 11.9 Å². The van der Waals surface area contributed by atoms with Gasteiger partial charge in [0.25, 0.3) is 0 Å². The smallest absolute Gasteiger partial charge is 0.235 e. The molecule has 4 nitrogen and oxygen atoms in total. The minimum atomic E-state index is -0.849. The molecule has 1 atom stereocenters. The van der Waals surface area contributed by atoms with E-state index in [1.54, 1.807) is 31.2 Å². The van der Waals surface area contributed by atoms with Gasteiger partial charge in [-0.15, -0.1) is 0 Å². The molecule has 0 aliphatic rings. The second-order valence-electron chi connectivity index (χ2n) is 7.88. The number of Topliss-reactive ketones (excluding diaryl/α,β-unsaturated/α-hetero) is 1. The van der Waals surface area contributed by atoms with Crippen LogP contribution in [0.2, 0.25) is 0 Å². The summed E-state index contributed by atoms with van der Waals surface area (Å²) in [6.45, 7) is 7.57. The van der Waals surface area contributed by atoms with Crippen molar-refractivity contribution in [1.29, 1.82) is 0 Å². The second-order valence-corrected chi connectivity index (χ2v) is 7.88. The van der Waals surface area contributed by atoms with E-state index in [0.29, 0.717) is 22.3 Å². The monoisotopic (exact) mass is 412 g/mol. The Kier molecular flexibility index (Phi) is 5.47. The average molecular weight is 412 g/mol. The summed E-state index contributed by atoms with van der Waals surface area (Å²) in [5, 5.41) is 0.438. The third-order valence-electron chi connectivity index (χ3n) is 5.50. The van der Waals surface area contributed by atoms with Gasteiger partial charge in [0, 0.05) is 11.1 Å². The standard InChI is InChI=1S/C27H24O4/c1-16-10-12-21(13-11-16)26-27(30-19(4)24(28)20-8-6-5-7-9-20)25(29)22-14-17(2)18(3)15-23(22)31-26/h5-15,19H,1-4H3/t19-/m0/s1. The van der Waals surface area contributed by atoms with Crippen LogP contribution >= 0.6 is 0 Å². The Balaban J connectivity index is 1.87. The maximum atomic E-state index is 13.5. The van der Waals surface area contributed by atoms with Crippen LogP contribution in [0, 0.1) is 20.8 Å². The lowest BCUT2D eigenvalue weighted by molar-refractivity contribution is 0.0815. The van der Waals surface area contributed by atoms with E-state index in [4.69, 9.17) is 9.15 Å². The maximum Gasteiger partial charge on any atom is 0.235 e. The van der Waals surface area contributed by atoms with Gasteiger partial charge in [0.15, 0.2) is 11.9 Å². The molecule has 31 heavy (non-hydrogen) atoms. The molecule has 1 aromatic heterocycles. The van der Waals surface area contributed by atoms with E-state index < -0.39 is 6.10 Å². The van der Waals surface area contributed by atoms with Crippen LogP contribution in [0.1, 0.15) is 34.0 Å². The van der Waals surface area contributed by atoms with Crippen LogP contribution in [-0.2, 0) is 0 Å². The number of benzene rings is 3. The van der Waals surface area contributed by atoms with Crippen LogP contribution in [0.15, 0.2) is 75.9 Å². The Morgan fingerprint density at radius 3 is 2.23 bits per heavy atom. The molecule has 1 heterocycles. The van der Waals surface area contributed by atoms with E-state index >= 15 is 0 Å². The molecule has 0 amide bonds. The maximum absolute atomic E-state index is 13.5. The van der Waals surface area contributed by atoms with E-state index in [1.807, 2.05) is 63.2 Å². The molecule has 0 N–H and O–H groups in total. The average Bonchev–Trinajstić information content (AvgIpc) is 2.77. The third-order valence-corrected chi connectivity index (χ3v) is 5.50. The molecule has 4 aromatic rings. The highest BCUT2D eigenvalue weighted by atomic mass is 16.5. The summed E-state index contributed by atoms with van der Waals surface area (Å²) >= 11 is 0. The number of carbonyl (C=O) groups is 1. The largest absolute Gasteiger partial charge is 0.475 e. The quantitative estimate of drug-likeness (QED) is 0.375. The van der Waals surface area contributed by atoms with Gasteiger partial charge in [-0.25, -0.2) is 0 Å². The topological polar surface area (TPSA) is 56.5 Å². The molecule has 4 heteroatoms. The zero-order valence-electron chi connectivity index (χ0n) is 18.1. The number of ketones is 1. The van der Waals surface area contributed by atoms with E-state index in [-0.39, 0.29) is 17.0 Å². The Hall–Kier alpha value is -3.66. The SMILES string of the molecule is Cc1ccc(-c2oc3cc(C)c(C)cc3c(=O)c2O[C@@H](C)C(=O)c2ccccc2)cc1. The summed E-state index contributed by atoms with van der Waals surface area (Å²) in [6.07, 6.45) is -0.849. The number of hydrogen-bond acceptors (Lipinski definition) is 4. The van der Waals surface area contributed by atoms with E-state index in [2.05, 4.69) is 0 Å². The van der Waals surface area contributed by atoms with Crippen LogP contribution in [0.3, 0.4) is 0 Å². The van der Waals surface area contributed by atoms with Gasteiger partial charge in [-0.1, -0.05) is 60.2 Å². The number of rotatable bonds is 5. The fraction of sp³-hybridized carbons (Fsp3) is 0.185. The molecule has 0 fully saturated rings. The molecule has 4 rings (SSSR count). The minimum absolute atomic E-state index is 0.0522.